The highest BCUT2D eigenvalue weighted by molar-refractivity contribution is 5.94. The van der Waals surface area contributed by atoms with Gasteiger partial charge in [0.05, 0.1) is 13.2 Å². The average molecular weight is 319 g/mol. The Morgan fingerprint density at radius 1 is 1.39 bits per heavy atom. The first-order valence-electron chi connectivity index (χ1n) is 8.45. The largest absolute Gasteiger partial charge is 0.462 e. The van der Waals surface area contributed by atoms with Gasteiger partial charge >= 0.3 is 5.97 Å². The van der Waals surface area contributed by atoms with E-state index in [1.807, 2.05) is 6.92 Å². The van der Waals surface area contributed by atoms with Crippen molar-refractivity contribution in [1.82, 2.24) is 9.88 Å². The third-order valence-corrected chi connectivity index (χ3v) is 4.49. The second-order valence-corrected chi connectivity index (χ2v) is 6.11. The van der Waals surface area contributed by atoms with Gasteiger partial charge in [0.1, 0.15) is 11.4 Å². The molecule has 1 aromatic heterocycles. The van der Waals surface area contributed by atoms with E-state index in [1.165, 1.54) is 6.42 Å². The van der Waals surface area contributed by atoms with E-state index >= 15 is 0 Å². The molecule has 2 fully saturated rings. The molecule has 2 aliphatic rings. The van der Waals surface area contributed by atoms with Gasteiger partial charge in [0.25, 0.3) is 0 Å². The van der Waals surface area contributed by atoms with Gasteiger partial charge in [0.15, 0.2) is 0 Å². The van der Waals surface area contributed by atoms with Crippen LogP contribution in [0.15, 0.2) is 18.3 Å². The Bertz CT molecular complexity index is 524. The Balaban J connectivity index is 1.60. The van der Waals surface area contributed by atoms with Crippen LogP contribution in [0.5, 0.6) is 0 Å². The summed E-state index contributed by atoms with van der Waals surface area (Å²) in [6.07, 6.45) is 2.91. The number of carbonyl (C=O) groups is 1. The number of ether oxygens (including phenoxy) is 2. The zero-order valence-corrected chi connectivity index (χ0v) is 13.7. The van der Waals surface area contributed by atoms with Gasteiger partial charge in [-0.15, -0.1) is 0 Å². The van der Waals surface area contributed by atoms with Crippen LogP contribution in [0.25, 0.3) is 0 Å². The highest BCUT2D eigenvalue weighted by Gasteiger charge is 2.25. The minimum atomic E-state index is -0.291. The molecule has 1 atom stereocenters. The van der Waals surface area contributed by atoms with E-state index in [1.54, 1.807) is 18.3 Å². The Morgan fingerprint density at radius 2 is 2.22 bits per heavy atom. The lowest BCUT2D eigenvalue weighted by Gasteiger charge is -2.36. The fourth-order valence-electron chi connectivity index (χ4n) is 3.25. The van der Waals surface area contributed by atoms with Crippen LogP contribution in [0, 0.1) is 5.92 Å². The number of anilines is 1. The van der Waals surface area contributed by atoms with Gasteiger partial charge in [-0.05, 0) is 31.4 Å². The molecule has 126 valence electrons. The zero-order valence-electron chi connectivity index (χ0n) is 13.7. The van der Waals surface area contributed by atoms with Gasteiger partial charge in [-0.3, -0.25) is 4.90 Å². The highest BCUT2D eigenvalue weighted by atomic mass is 16.5. The summed E-state index contributed by atoms with van der Waals surface area (Å²) in [6.45, 7) is 8.87. The van der Waals surface area contributed by atoms with Crippen molar-refractivity contribution in [1.29, 1.82) is 0 Å². The molecule has 3 heterocycles. The van der Waals surface area contributed by atoms with Crippen molar-refractivity contribution in [3.63, 3.8) is 0 Å². The van der Waals surface area contributed by atoms with Gasteiger partial charge in [-0.2, -0.15) is 0 Å². The summed E-state index contributed by atoms with van der Waals surface area (Å²) in [4.78, 5) is 21.2. The Kier molecular flexibility index (Phi) is 5.46. The summed E-state index contributed by atoms with van der Waals surface area (Å²) in [5, 5.41) is 0. The third-order valence-electron chi connectivity index (χ3n) is 4.49. The SMILES string of the molecule is CCOC(=O)c1cccnc1N1CCN(C[C@H]2CCOC2)CC1. The maximum atomic E-state index is 12.1. The molecule has 3 rings (SSSR count). The van der Waals surface area contributed by atoms with E-state index in [0.29, 0.717) is 18.1 Å². The molecule has 1 aromatic rings. The van der Waals surface area contributed by atoms with Crippen LogP contribution in [0.3, 0.4) is 0 Å². The number of nitrogens with zero attached hydrogens (tertiary/aromatic N) is 3. The summed E-state index contributed by atoms with van der Waals surface area (Å²) in [6, 6.07) is 3.58. The molecule has 0 aromatic carbocycles. The second-order valence-electron chi connectivity index (χ2n) is 6.11. The van der Waals surface area contributed by atoms with Gasteiger partial charge in [0, 0.05) is 45.5 Å². The number of rotatable bonds is 5. The summed E-state index contributed by atoms with van der Waals surface area (Å²) in [5.41, 5.74) is 0.562. The van der Waals surface area contributed by atoms with Gasteiger partial charge in [0.2, 0.25) is 0 Å². The standard InChI is InChI=1S/C17H25N3O3/c1-2-23-17(21)15-4-3-6-18-16(15)20-9-7-19(8-10-20)12-14-5-11-22-13-14/h3-4,6,14H,2,5,7-13H2,1H3/t14-/m1/s1. The van der Waals surface area contributed by atoms with Crippen molar-refractivity contribution < 1.29 is 14.3 Å². The van der Waals surface area contributed by atoms with E-state index in [-0.39, 0.29) is 5.97 Å². The highest BCUT2D eigenvalue weighted by Crippen LogP contribution is 2.21. The molecular formula is C17H25N3O3. The Labute approximate surface area is 137 Å². The molecule has 23 heavy (non-hydrogen) atoms. The molecule has 0 aliphatic carbocycles. The monoisotopic (exact) mass is 319 g/mol. The predicted octanol–water partition coefficient (Wildman–Crippen LogP) is 1.42. The summed E-state index contributed by atoms with van der Waals surface area (Å²) < 4.78 is 10.6. The van der Waals surface area contributed by atoms with Crippen LogP contribution in [-0.2, 0) is 9.47 Å². The van der Waals surface area contributed by atoms with Crippen molar-refractivity contribution in [2.24, 2.45) is 5.92 Å². The van der Waals surface area contributed by atoms with Crippen LogP contribution in [0.4, 0.5) is 5.82 Å². The van der Waals surface area contributed by atoms with Crippen molar-refractivity contribution in [2.45, 2.75) is 13.3 Å². The van der Waals surface area contributed by atoms with Crippen molar-refractivity contribution in [3.05, 3.63) is 23.9 Å². The maximum absolute atomic E-state index is 12.1. The van der Waals surface area contributed by atoms with Crippen molar-refractivity contribution in [2.75, 3.05) is 57.4 Å². The lowest BCUT2D eigenvalue weighted by molar-refractivity contribution is 0.0526. The molecule has 0 bridgehead atoms. The fourth-order valence-corrected chi connectivity index (χ4v) is 3.25. The van der Waals surface area contributed by atoms with E-state index in [2.05, 4.69) is 14.8 Å². The predicted molar refractivity (Wildman–Crippen MR) is 87.8 cm³/mol. The lowest BCUT2D eigenvalue weighted by atomic mass is 10.1. The van der Waals surface area contributed by atoms with Crippen molar-refractivity contribution in [3.8, 4) is 0 Å². The van der Waals surface area contributed by atoms with Crippen LogP contribution < -0.4 is 4.90 Å². The summed E-state index contributed by atoms with van der Waals surface area (Å²) >= 11 is 0. The van der Waals surface area contributed by atoms with Crippen LogP contribution in [0.2, 0.25) is 0 Å². The number of carbonyl (C=O) groups excluding carboxylic acids is 1. The molecular weight excluding hydrogens is 294 g/mol. The molecule has 2 saturated heterocycles. The lowest BCUT2D eigenvalue weighted by Crippen LogP contribution is -2.48. The first kappa shape index (κ1) is 16.2. The van der Waals surface area contributed by atoms with Crippen LogP contribution in [0.1, 0.15) is 23.7 Å². The molecule has 0 unspecified atom stereocenters. The van der Waals surface area contributed by atoms with Gasteiger partial charge < -0.3 is 14.4 Å². The first-order valence-corrected chi connectivity index (χ1v) is 8.45. The second kappa shape index (κ2) is 7.75. The maximum Gasteiger partial charge on any atom is 0.341 e. The van der Waals surface area contributed by atoms with Crippen molar-refractivity contribution >= 4 is 11.8 Å². The molecule has 2 aliphatic heterocycles. The number of esters is 1. The van der Waals surface area contributed by atoms with E-state index in [0.717, 1.165) is 51.8 Å². The van der Waals surface area contributed by atoms with E-state index in [4.69, 9.17) is 9.47 Å². The third kappa shape index (κ3) is 4.00. The average Bonchev–Trinajstić information content (AvgIpc) is 3.09. The normalized spacial score (nSPS) is 22.3. The number of piperazine rings is 1. The van der Waals surface area contributed by atoms with Gasteiger partial charge in [-0.25, -0.2) is 9.78 Å². The Morgan fingerprint density at radius 3 is 2.91 bits per heavy atom. The molecule has 0 spiro atoms. The quantitative estimate of drug-likeness (QED) is 0.765. The molecule has 6 nitrogen and oxygen atoms in total. The minimum absolute atomic E-state index is 0.291. The topological polar surface area (TPSA) is 54.9 Å². The Hall–Kier alpha value is -1.66. The minimum Gasteiger partial charge on any atom is -0.462 e. The number of hydrogen-bond donors (Lipinski definition) is 0. The molecule has 0 saturated carbocycles. The number of pyridine rings is 1. The molecule has 0 radical (unpaired) electrons. The van der Waals surface area contributed by atoms with E-state index < -0.39 is 0 Å². The smallest absolute Gasteiger partial charge is 0.341 e. The molecule has 6 heteroatoms. The van der Waals surface area contributed by atoms with E-state index in [9.17, 15) is 4.79 Å². The number of hydrogen-bond acceptors (Lipinski definition) is 6. The van der Waals surface area contributed by atoms with Gasteiger partial charge in [-0.1, -0.05) is 0 Å². The zero-order chi connectivity index (χ0) is 16.1. The molecule has 0 amide bonds. The first-order chi connectivity index (χ1) is 11.3. The summed E-state index contributed by atoms with van der Waals surface area (Å²) in [7, 11) is 0. The number of aromatic nitrogens is 1. The molecule has 0 N–H and O–H groups in total. The fraction of sp³-hybridized carbons (Fsp3) is 0.647. The van der Waals surface area contributed by atoms with Crippen LogP contribution >= 0.6 is 0 Å². The van der Waals surface area contributed by atoms with Crippen LogP contribution in [-0.4, -0.2) is 68.4 Å². The summed E-state index contributed by atoms with van der Waals surface area (Å²) in [5.74, 6) is 1.13.